The molecule has 0 aromatic carbocycles. The molecule has 0 aromatic rings. The highest BCUT2D eigenvalue weighted by Crippen LogP contribution is 2.03. The summed E-state index contributed by atoms with van der Waals surface area (Å²) in [4.78, 5) is 0. The van der Waals surface area contributed by atoms with E-state index in [9.17, 15) is 0 Å². The first kappa shape index (κ1) is 14.4. The normalized spacial score (nSPS) is 9.00. The minimum atomic E-state index is -0.125. The van der Waals surface area contributed by atoms with E-state index in [-0.39, 0.29) is 13.2 Å². The molecule has 0 amide bonds. The van der Waals surface area contributed by atoms with Crippen LogP contribution in [0.4, 0.5) is 0 Å². The van der Waals surface area contributed by atoms with E-state index in [4.69, 9.17) is 10.2 Å². The summed E-state index contributed by atoms with van der Waals surface area (Å²) in [7, 11) is 0. The number of rotatable bonds is 6. The molecule has 0 aliphatic heterocycles. The minimum absolute atomic E-state index is 0.125. The quantitative estimate of drug-likeness (QED) is 0.610. The van der Waals surface area contributed by atoms with Crippen LogP contribution in [0.15, 0.2) is 0 Å². The SMILES string of the molecule is CCCCCCCC.OCCO. The maximum absolute atomic E-state index is 7.62. The summed E-state index contributed by atoms with van der Waals surface area (Å²) >= 11 is 0. The first-order valence-electron chi connectivity index (χ1n) is 5.05. The third-order valence-electron chi connectivity index (χ3n) is 1.56. The molecule has 0 atom stereocenters. The van der Waals surface area contributed by atoms with Crippen LogP contribution in [0.25, 0.3) is 0 Å². The second-order valence-electron chi connectivity index (χ2n) is 2.86. The molecule has 0 rings (SSSR count). The fourth-order valence-corrected chi connectivity index (χ4v) is 0.854. The third-order valence-corrected chi connectivity index (χ3v) is 1.56. The van der Waals surface area contributed by atoms with Crippen molar-refractivity contribution >= 4 is 0 Å². The molecular formula is C10H24O2. The molecule has 0 saturated carbocycles. The van der Waals surface area contributed by atoms with Gasteiger partial charge in [0.1, 0.15) is 0 Å². The van der Waals surface area contributed by atoms with Crippen LogP contribution in [0.3, 0.4) is 0 Å². The maximum atomic E-state index is 7.62. The molecule has 2 nitrogen and oxygen atoms in total. The van der Waals surface area contributed by atoms with E-state index in [1.54, 1.807) is 0 Å². The van der Waals surface area contributed by atoms with Gasteiger partial charge in [0.25, 0.3) is 0 Å². The van der Waals surface area contributed by atoms with Crippen LogP contribution < -0.4 is 0 Å². The van der Waals surface area contributed by atoms with Gasteiger partial charge in [-0.2, -0.15) is 0 Å². The Morgan fingerprint density at radius 1 is 0.667 bits per heavy atom. The van der Waals surface area contributed by atoms with E-state index in [0.29, 0.717) is 0 Å². The summed E-state index contributed by atoms with van der Waals surface area (Å²) < 4.78 is 0. The van der Waals surface area contributed by atoms with Crippen LogP contribution >= 0.6 is 0 Å². The second-order valence-corrected chi connectivity index (χ2v) is 2.86. The van der Waals surface area contributed by atoms with Gasteiger partial charge in [0, 0.05) is 0 Å². The summed E-state index contributed by atoms with van der Waals surface area (Å²) in [6, 6.07) is 0. The van der Waals surface area contributed by atoms with Crippen LogP contribution in [-0.2, 0) is 0 Å². The minimum Gasteiger partial charge on any atom is -0.394 e. The van der Waals surface area contributed by atoms with Crippen molar-refractivity contribution in [3.05, 3.63) is 0 Å². The molecule has 2 N–H and O–H groups in total. The highest BCUT2D eigenvalue weighted by atomic mass is 16.3. The molecule has 0 unspecified atom stereocenters. The van der Waals surface area contributed by atoms with Crippen LogP contribution in [0, 0.1) is 0 Å². The summed E-state index contributed by atoms with van der Waals surface area (Å²) in [5.74, 6) is 0. The lowest BCUT2D eigenvalue weighted by Gasteiger charge is -1.93. The Labute approximate surface area is 76.6 Å². The molecule has 0 bridgehead atoms. The van der Waals surface area contributed by atoms with Crippen molar-refractivity contribution in [1.29, 1.82) is 0 Å². The van der Waals surface area contributed by atoms with Gasteiger partial charge in [-0.05, 0) is 0 Å². The van der Waals surface area contributed by atoms with Crippen LogP contribution in [-0.4, -0.2) is 23.4 Å². The van der Waals surface area contributed by atoms with E-state index < -0.39 is 0 Å². The summed E-state index contributed by atoms with van der Waals surface area (Å²) in [6.07, 6.45) is 8.49. The topological polar surface area (TPSA) is 40.5 Å². The third kappa shape index (κ3) is 22.5. The van der Waals surface area contributed by atoms with Crippen LogP contribution in [0.5, 0.6) is 0 Å². The van der Waals surface area contributed by atoms with E-state index in [1.165, 1.54) is 38.5 Å². The molecule has 0 aliphatic rings. The Morgan fingerprint density at radius 2 is 1.00 bits per heavy atom. The van der Waals surface area contributed by atoms with Crippen molar-refractivity contribution in [3.63, 3.8) is 0 Å². The predicted octanol–water partition coefficient (Wildman–Crippen LogP) is 2.34. The van der Waals surface area contributed by atoms with Gasteiger partial charge < -0.3 is 10.2 Å². The average Bonchev–Trinajstić information content (AvgIpc) is 2.13. The van der Waals surface area contributed by atoms with Gasteiger partial charge in [0.15, 0.2) is 0 Å². The van der Waals surface area contributed by atoms with Crippen molar-refractivity contribution in [1.82, 2.24) is 0 Å². The largest absolute Gasteiger partial charge is 0.394 e. The number of hydrogen-bond acceptors (Lipinski definition) is 2. The summed E-state index contributed by atoms with van der Waals surface area (Å²) in [5.41, 5.74) is 0. The Balaban J connectivity index is 0. The Kier molecular flexibility index (Phi) is 20.6. The summed E-state index contributed by atoms with van der Waals surface area (Å²) in [6.45, 7) is 4.26. The fourth-order valence-electron chi connectivity index (χ4n) is 0.854. The molecule has 0 radical (unpaired) electrons. The zero-order chi connectivity index (χ0) is 9.66. The zero-order valence-corrected chi connectivity index (χ0v) is 8.55. The summed E-state index contributed by atoms with van der Waals surface area (Å²) in [5, 5.41) is 15.2. The monoisotopic (exact) mass is 176 g/mol. The van der Waals surface area contributed by atoms with Crippen molar-refractivity contribution in [2.24, 2.45) is 0 Å². The van der Waals surface area contributed by atoms with Gasteiger partial charge >= 0.3 is 0 Å². The molecule has 0 aromatic heterocycles. The van der Waals surface area contributed by atoms with Crippen molar-refractivity contribution in [2.75, 3.05) is 13.2 Å². The van der Waals surface area contributed by atoms with Gasteiger partial charge in [0.05, 0.1) is 13.2 Å². The van der Waals surface area contributed by atoms with Gasteiger partial charge in [-0.1, -0.05) is 52.4 Å². The van der Waals surface area contributed by atoms with Crippen molar-refractivity contribution in [2.45, 2.75) is 52.4 Å². The van der Waals surface area contributed by atoms with Gasteiger partial charge in [-0.15, -0.1) is 0 Å². The molecule has 0 saturated heterocycles. The Morgan fingerprint density at radius 3 is 1.17 bits per heavy atom. The van der Waals surface area contributed by atoms with E-state index in [1.807, 2.05) is 0 Å². The lowest BCUT2D eigenvalue weighted by atomic mass is 10.1. The zero-order valence-electron chi connectivity index (χ0n) is 8.55. The number of hydrogen-bond donors (Lipinski definition) is 2. The first-order valence-corrected chi connectivity index (χ1v) is 5.05. The molecule has 0 heterocycles. The molecule has 12 heavy (non-hydrogen) atoms. The molecule has 0 aliphatic carbocycles. The predicted molar refractivity (Wildman–Crippen MR) is 53.2 cm³/mol. The Hall–Kier alpha value is -0.0800. The lowest BCUT2D eigenvalue weighted by molar-refractivity contribution is 0.186. The highest BCUT2D eigenvalue weighted by Gasteiger charge is 1.83. The molecule has 76 valence electrons. The maximum Gasteiger partial charge on any atom is 0.0662 e. The van der Waals surface area contributed by atoms with Gasteiger partial charge in [0.2, 0.25) is 0 Å². The van der Waals surface area contributed by atoms with Crippen LogP contribution in [0.2, 0.25) is 0 Å². The lowest BCUT2D eigenvalue weighted by Crippen LogP contribution is -1.85. The smallest absolute Gasteiger partial charge is 0.0662 e. The molecule has 0 spiro atoms. The first-order chi connectivity index (χ1) is 5.83. The average molecular weight is 176 g/mol. The molecule has 2 heteroatoms. The van der Waals surface area contributed by atoms with Crippen molar-refractivity contribution in [3.8, 4) is 0 Å². The van der Waals surface area contributed by atoms with Gasteiger partial charge in [-0.25, -0.2) is 0 Å². The highest BCUT2D eigenvalue weighted by molar-refractivity contribution is 4.39. The standard InChI is InChI=1S/C8H18.C2H6O2/c1-3-5-7-8-6-4-2;3-1-2-4/h3-8H2,1-2H3;3-4H,1-2H2. The van der Waals surface area contributed by atoms with E-state index >= 15 is 0 Å². The molecule has 0 fully saturated rings. The Bertz CT molecular complexity index is 47.8. The number of unbranched alkanes of at least 4 members (excludes halogenated alkanes) is 5. The number of aliphatic hydroxyl groups is 2. The number of aliphatic hydroxyl groups excluding tert-OH is 2. The van der Waals surface area contributed by atoms with Gasteiger partial charge in [-0.3, -0.25) is 0 Å². The van der Waals surface area contributed by atoms with Crippen molar-refractivity contribution < 1.29 is 10.2 Å². The van der Waals surface area contributed by atoms with E-state index in [0.717, 1.165) is 0 Å². The molecular weight excluding hydrogens is 152 g/mol. The van der Waals surface area contributed by atoms with Crippen LogP contribution in [0.1, 0.15) is 52.4 Å². The fraction of sp³-hybridized carbons (Fsp3) is 1.00. The second kappa shape index (κ2) is 17.1. The van der Waals surface area contributed by atoms with E-state index in [2.05, 4.69) is 13.8 Å².